The molecule has 0 radical (unpaired) electrons. The van der Waals surface area contributed by atoms with Crippen molar-refractivity contribution >= 4 is 23.6 Å². The molecule has 3 rings (SSSR count). The summed E-state index contributed by atoms with van der Waals surface area (Å²) < 4.78 is 7.38. The number of aryl methyl sites for hydroxylation is 1. The van der Waals surface area contributed by atoms with E-state index in [9.17, 15) is 9.59 Å². The molecule has 0 saturated carbocycles. The second kappa shape index (κ2) is 7.09. The van der Waals surface area contributed by atoms with Crippen molar-refractivity contribution in [2.24, 2.45) is 7.05 Å². The first-order valence-corrected chi connectivity index (χ1v) is 8.05. The van der Waals surface area contributed by atoms with E-state index in [1.54, 1.807) is 36.7 Å². The summed E-state index contributed by atoms with van der Waals surface area (Å²) in [7, 11) is 1.91. The highest BCUT2D eigenvalue weighted by molar-refractivity contribution is 7.98. The van der Waals surface area contributed by atoms with Gasteiger partial charge in [0, 0.05) is 25.6 Å². The van der Waals surface area contributed by atoms with Crippen LogP contribution in [0, 0.1) is 0 Å². The zero-order chi connectivity index (χ0) is 16.9. The minimum Gasteiger partial charge on any atom is -0.455 e. The monoisotopic (exact) mass is 345 g/mol. The molecule has 0 bridgehead atoms. The third-order valence-corrected chi connectivity index (χ3v) is 4.22. The van der Waals surface area contributed by atoms with Gasteiger partial charge < -0.3 is 14.0 Å². The summed E-state index contributed by atoms with van der Waals surface area (Å²) in [6.45, 7) is 0. The standard InChI is InChI=1S/C15H15N5O3S/c1-20-8-7-17-15(20)24-9-10-4-5-12(23-10)14(22)19-18-13(21)11-3-2-6-16-11/h2-8,16H,9H2,1H3,(H,18,21)(H,19,22). The van der Waals surface area contributed by atoms with Crippen molar-refractivity contribution in [3.63, 3.8) is 0 Å². The fourth-order valence-corrected chi connectivity index (χ4v) is 2.74. The van der Waals surface area contributed by atoms with Gasteiger partial charge in [0.05, 0.1) is 5.75 Å². The molecule has 3 heterocycles. The molecule has 3 N–H and O–H groups in total. The first kappa shape index (κ1) is 15.9. The number of aromatic nitrogens is 3. The summed E-state index contributed by atoms with van der Waals surface area (Å²) in [6.07, 6.45) is 5.20. The van der Waals surface area contributed by atoms with Crippen LogP contribution in [0.1, 0.15) is 26.8 Å². The van der Waals surface area contributed by atoms with Gasteiger partial charge >= 0.3 is 5.91 Å². The molecule has 9 heteroatoms. The van der Waals surface area contributed by atoms with Crippen molar-refractivity contribution in [1.82, 2.24) is 25.4 Å². The number of nitrogens with one attached hydrogen (secondary N) is 3. The summed E-state index contributed by atoms with van der Waals surface area (Å²) in [4.78, 5) is 30.6. The van der Waals surface area contributed by atoms with Crippen molar-refractivity contribution in [3.8, 4) is 0 Å². The smallest absolute Gasteiger partial charge is 0.305 e. The number of amides is 2. The van der Waals surface area contributed by atoms with Gasteiger partial charge in [0.25, 0.3) is 5.91 Å². The van der Waals surface area contributed by atoms with Crippen molar-refractivity contribution in [3.05, 3.63) is 60.1 Å². The third kappa shape index (κ3) is 3.69. The number of nitrogens with zero attached hydrogens (tertiary/aromatic N) is 2. The zero-order valence-electron chi connectivity index (χ0n) is 12.8. The molecule has 0 saturated heterocycles. The van der Waals surface area contributed by atoms with Crippen LogP contribution in [0.25, 0.3) is 0 Å². The van der Waals surface area contributed by atoms with Gasteiger partial charge in [0.15, 0.2) is 10.9 Å². The molecule has 3 aromatic heterocycles. The molecule has 2 amide bonds. The molecule has 0 fully saturated rings. The maximum atomic E-state index is 12.0. The SMILES string of the molecule is Cn1ccnc1SCc1ccc(C(=O)NNC(=O)c2ccc[nH]2)o1. The van der Waals surface area contributed by atoms with E-state index >= 15 is 0 Å². The first-order chi connectivity index (χ1) is 11.6. The number of carbonyl (C=O) groups is 2. The largest absolute Gasteiger partial charge is 0.455 e. The molecule has 24 heavy (non-hydrogen) atoms. The lowest BCUT2D eigenvalue weighted by molar-refractivity contribution is 0.0828. The molecule has 0 aliphatic carbocycles. The van der Waals surface area contributed by atoms with Crippen molar-refractivity contribution < 1.29 is 14.0 Å². The highest BCUT2D eigenvalue weighted by Gasteiger charge is 2.13. The number of hydrogen-bond donors (Lipinski definition) is 3. The fourth-order valence-electron chi connectivity index (χ4n) is 1.92. The number of aromatic amines is 1. The van der Waals surface area contributed by atoms with Crippen molar-refractivity contribution in [2.45, 2.75) is 10.9 Å². The van der Waals surface area contributed by atoms with Crippen LogP contribution in [0.2, 0.25) is 0 Å². The van der Waals surface area contributed by atoms with E-state index in [0.717, 1.165) is 5.16 Å². The topological polar surface area (TPSA) is 105 Å². The van der Waals surface area contributed by atoms with E-state index in [1.165, 1.54) is 11.8 Å². The summed E-state index contributed by atoms with van der Waals surface area (Å²) in [6, 6.07) is 6.57. The molecular formula is C15H15N5O3S. The average Bonchev–Trinajstić information content (AvgIpc) is 3.31. The molecule has 0 aromatic carbocycles. The number of hydrogen-bond acceptors (Lipinski definition) is 5. The normalized spacial score (nSPS) is 10.5. The van der Waals surface area contributed by atoms with E-state index in [-0.39, 0.29) is 5.76 Å². The Labute approximate surface area is 141 Å². The number of hydrazine groups is 1. The number of furan rings is 1. The van der Waals surface area contributed by atoms with Gasteiger partial charge in [-0.25, -0.2) is 4.98 Å². The highest BCUT2D eigenvalue weighted by Crippen LogP contribution is 2.21. The zero-order valence-corrected chi connectivity index (χ0v) is 13.6. The van der Waals surface area contributed by atoms with E-state index in [2.05, 4.69) is 20.8 Å². The molecular weight excluding hydrogens is 330 g/mol. The van der Waals surface area contributed by atoms with Crippen molar-refractivity contribution in [2.75, 3.05) is 0 Å². The minimum atomic E-state index is -0.525. The minimum absolute atomic E-state index is 0.122. The summed E-state index contributed by atoms with van der Waals surface area (Å²) in [5.41, 5.74) is 4.96. The van der Waals surface area contributed by atoms with E-state index in [1.807, 2.05) is 17.8 Å². The molecule has 8 nitrogen and oxygen atoms in total. The Morgan fingerprint density at radius 2 is 2.12 bits per heavy atom. The number of carbonyl (C=O) groups excluding carboxylic acids is 2. The molecule has 124 valence electrons. The molecule has 0 aliphatic heterocycles. The van der Waals surface area contributed by atoms with Gasteiger partial charge in [0.2, 0.25) is 0 Å². The van der Waals surface area contributed by atoms with Gasteiger partial charge in [-0.1, -0.05) is 11.8 Å². The van der Waals surface area contributed by atoms with Crippen LogP contribution < -0.4 is 10.9 Å². The van der Waals surface area contributed by atoms with E-state index in [4.69, 9.17) is 4.42 Å². The average molecular weight is 345 g/mol. The Kier molecular flexibility index (Phi) is 4.71. The summed E-state index contributed by atoms with van der Waals surface area (Å²) in [5.74, 6) is 0.349. The van der Waals surface area contributed by atoms with Crippen LogP contribution in [0.4, 0.5) is 0 Å². The van der Waals surface area contributed by atoms with Crippen LogP contribution in [0.5, 0.6) is 0 Å². The van der Waals surface area contributed by atoms with Gasteiger partial charge in [0.1, 0.15) is 11.5 Å². The fraction of sp³-hybridized carbons (Fsp3) is 0.133. The highest BCUT2D eigenvalue weighted by atomic mass is 32.2. The quantitative estimate of drug-likeness (QED) is 0.482. The summed E-state index contributed by atoms with van der Waals surface area (Å²) in [5, 5.41) is 0.857. The Balaban J connectivity index is 1.52. The Morgan fingerprint density at radius 1 is 1.29 bits per heavy atom. The molecule has 3 aromatic rings. The van der Waals surface area contributed by atoms with E-state index < -0.39 is 11.8 Å². The number of H-pyrrole nitrogens is 1. The molecule has 0 atom stereocenters. The third-order valence-electron chi connectivity index (χ3n) is 3.14. The number of thioether (sulfide) groups is 1. The van der Waals surface area contributed by atoms with Crippen LogP contribution >= 0.6 is 11.8 Å². The Hall–Kier alpha value is -2.94. The van der Waals surface area contributed by atoms with Gasteiger partial charge in [-0.3, -0.25) is 20.4 Å². The lowest BCUT2D eigenvalue weighted by Crippen LogP contribution is -2.41. The van der Waals surface area contributed by atoms with Gasteiger partial charge in [-0.15, -0.1) is 0 Å². The summed E-state index contributed by atoms with van der Waals surface area (Å²) >= 11 is 1.50. The lowest BCUT2D eigenvalue weighted by atomic mass is 10.4. The van der Waals surface area contributed by atoms with Crippen LogP contribution in [-0.4, -0.2) is 26.3 Å². The van der Waals surface area contributed by atoms with E-state index in [0.29, 0.717) is 17.2 Å². The Bertz CT molecular complexity index is 837. The predicted octanol–water partition coefficient (Wildman–Crippen LogP) is 1.71. The maximum Gasteiger partial charge on any atom is 0.305 e. The number of rotatable bonds is 5. The lowest BCUT2D eigenvalue weighted by Gasteiger charge is -2.04. The Morgan fingerprint density at radius 3 is 2.83 bits per heavy atom. The van der Waals surface area contributed by atoms with Gasteiger partial charge in [-0.05, 0) is 24.3 Å². The first-order valence-electron chi connectivity index (χ1n) is 7.06. The molecule has 0 unspecified atom stereocenters. The van der Waals surface area contributed by atoms with Crippen molar-refractivity contribution in [1.29, 1.82) is 0 Å². The van der Waals surface area contributed by atoms with Crippen LogP contribution in [-0.2, 0) is 12.8 Å². The van der Waals surface area contributed by atoms with Crippen LogP contribution in [0.15, 0.2) is 52.4 Å². The predicted molar refractivity (Wildman–Crippen MR) is 87.2 cm³/mol. The number of imidazole rings is 1. The second-order valence-electron chi connectivity index (χ2n) is 4.87. The maximum absolute atomic E-state index is 12.0. The second-order valence-corrected chi connectivity index (χ2v) is 5.81. The molecule has 0 aliphatic rings. The van der Waals surface area contributed by atoms with Crippen LogP contribution in [0.3, 0.4) is 0 Å². The van der Waals surface area contributed by atoms with Gasteiger partial charge in [-0.2, -0.15) is 0 Å². The molecule has 0 spiro atoms.